The first-order valence-corrected chi connectivity index (χ1v) is 9.50. The Balaban J connectivity index is 1.78. The van der Waals surface area contributed by atoms with Gasteiger partial charge in [0.05, 0.1) is 23.8 Å². The van der Waals surface area contributed by atoms with Gasteiger partial charge in [-0.2, -0.15) is 10.4 Å². The summed E-state index contributed by atoms with van der Waals surface area (Å²) in [5, 5.41) is 13.4. The van der Waals surface area contributed by atoms with Gasteiger partial charge in [-0.1, -0.05) is 71.8 Å². The third-order valence-corrected chi connectivity index (χ3v) is 4.61. The van der Waals surface area contributed by atoms with Crippen LogP contribution in [-0.4, -0.2) is 11.6 Å². The molecule has 0 saturated heterocycles. The number of nitrogens with zero attached hydrogens (tertiary/aromatic N) is 2. The van der Waals surface area contributed by atoms with E-state index in [4.69, 9.17) is 5.26 Å². The highest BCUT2D eigenvalue weighted by atomic mass is 16.2. The molecular weight excluding hydrogens is 358 g/mol. The van der Waals surface area contributed by atoms with Crippen LogP contribution in [-0.2, 0) is 17.6 Å². The lowest BCUT2D eigenvalue weighted by atomic mass is 10.00. The number of hydrazone groups is 1. The Hall–Kier alpha value is -3.71. The predicted octanol–water partition coefficient (Wildman–Crippen LogP) is 4.48. The van der Waals surface area contributed by atoms with Gasteiger partial charge >= 0.3 is 0 Å². The molecule has 0 spiro atoms. The van der Waals surface area contributed by atoms with Gasteiger partial charge in [0.15, 0.2) is 0 Å². The molecule has 3 aromatic carbocycles. The second-order valence-electron chi connectivity index (χ2n) is 7.11. The van der Waals surface area contributed by atoms with Crippen molar-refractivity contribution in [2.75, 3.05) is 0 Å². The Kier molecular flexibility index (Phi) is 6.55. The van der Waals surface area contributed by atoms with E-state index in [1.54, 1.807) is 12.1 Å². The summed E-state index contributed by atoms with van der Waals surface area (Å²) in [6.07, 6.45) is 0.835. The van der Waals surface area contributed by atoms with Gasteiger partial charge < -0.3 is 0 Å². The minimum atomic E-state index is -0.154. The van der Waals surface area contributed by atoms with Gasteiger partial charge in [0.25, 0.3) is 0 Å². The highest BCUT2D eigenvalue weighted by molar-refractivity contribution is 6.02. The van der Waals surface area contributed by atoms with Gasteiger partial charge in [0.1, 0.15) is 0 Å². The number of carbonyl (C=O) groups excluding carboxylic acids is 1. The summed E-state index contributed by atoms with van der Waals surface area (Å²) in [6, 6.07) is 25.5. The molecule has 0 radical (unpaired) electrons. The Morgan fingerprint density at radius 3 is 2.21 bits per heavy atom. The Bertz CT molecular complexity index is 1060. The fraction of sp³-hybridized carbons (Fsp3) is 0.160. The number of hydrogen-bond acceptors (Lipinski definition) is 3. The number of nitriles is 1. The molecule has 0 aromatic heterocycles. The van der Waals surface area contributed by atoms with Crippen molar-refractivity contribution < 1.29 is 4.79 Å². The molecule has 3 rings (SSSR count). The number of nitrogens with one attached hydrogen (secondary N) is 1. The van der Waals surface area contributed by atoms with Gasteiger partial charge in [0, 0.05) is 6.42 Å². The number of benzene rings is 3. The Morgan fingerprint density at radius 2 is 1.55 bits per heavy atom. The van der Waals surface area contributed by atoms with E-state index < -0.39 is 0 Å². The second kappa shape index (κ2) is 9.48. The van der Waals surface area contributed by atoms with Crippen LogP contribution in [0.2, 0.25) is 0 Å². The summed E-state index contributed by atoms with van der Waals surface area (Å²) < 4.78 is 0. The summed E-state index contributed by atoms with van der Waals surface area (Å²) in [4.78, 5) is 12.4. The molecule has 0 atom stereocenters. The average Bonchev–Trinajstić information content (AvgIpc) is 2.73. The number of aryl methyl sites for hydroxylation is 2. The number of hydrogen-bond donors (Lipinski definition) is 1. The van der Waals surface area contributed by atoms with E-state index in [0.717, 1.165) is 33.5 Å². The van der Waals surface area contributed by atoms with E-state index in [0.29, 0.717) is 12.0 Å². The molecule has 3 aromatic rings. The molecule has 0 unspecified atom stereocenters. The summed E-state index contributed by atoms with van der Waals surface area (Å²) in [5.41, 5.74) is 9.33. The Labute approximate surface area is 171 Å². The molecule has 1 N–H and O–H groups in total. The van der Waals surface area contributed by atoms with Crippen LogP contribution in [0.5, 0.6) is 0 Å². The van der Waals surface area contributed by atoms with Crippen molar-refractivity contribution in [1.82, 2.24) is 5.43 Å². The molecule has 29 heavy (non-hydrogen) atoms. The quantitative estimate of drug-likeness (QED) is 0.505. The van der Waals surface area contributed by atoms with Crippen molar-refractivity contribution in [1.29, 1.82) is 5.26 Å². The molecule has 0 bridgehead atoms. The van der Waals surface area contributed by atoms with E-state index in [-0.39, 0.29) is 12.3 Å². The van der Waals surface area contributed by atoms with Crippen LogP contribution in [0.25, 0.3) is 0 Å². The third kappa shape index (κ3) is 5.88. The molecule has 0 fully saturated rings. The number of carbonyl (C=O) groups is 1. The van der Waals surface area contributed by atoms with E-state index in [2.05, 4.69) is 22.7 Å². The van der Waals surface area contributed by atoms with Crippen molar-refractivity contribution in [3.63, 3.8) is 0 Å². The van der Waals surface area contributed by atoms with E-state index in [1.165, 1.54) is 0 Å². The first-order valence-electron chi connectivity index (χ1n) is 9.50. The summed E-state index contributed by atoms with van der Waals surface area (Å²) >= 11 is 0. The number of rotatable bonds is 6. The van der Waals surface area contributed by atoms with Crippen LogP contribution in [0.3, 0.4) is 0 Å². The smallest absolute Gasteiger partial charge is 0.244 e. The maximum Gasteiger partial charge on any atom is 0.244 e. The van der Waals surface area contributed by atoms with Gasteiger partial charge in [0.2, 0.25) is 5.91 Å². The largest absolute Gasteiger partial charge is 0.273 e. The van der Waals surface area contributed by atoms with Gasteiger partial charge in [-0.3, -0.25) is 4.79 Å². The topological polar surface area (TPSA) is 65.2 Å². The van der Waals surface area contributed by atoms with Crippen molar-refractivity contribution in [2.24, 2.45) is 5.10 Å². The standard InChI is InChI=1S/C25H23N3O/c1-18-6-8-21(9-7-18)16-25(29)28-27-24(23-5-3-4-19(2)14-23)15-20-10-12-22(17-26)13-11-20/h3-14H,15-16H2,1-2H3,(H,28,29)/b27-24-. The van der Waals surface area contributed by atoms with Crippen LogP contribution >= 0.6 is 0 Å². The van der Waals surface area contributed by atoms with E-state index in [1.807, 2.05) is 68.4 Å². The summed E-state index contributed by atoms with van der Waals surface area (Å²) in [5.74, 6) is -0.154. The molecule has 0 aliphatic rings. The molecule has 0 saturated carbocycles. The predicted molar refractivity (Wildman–Crippen MR) is 116 cm³/mol. The van der Waals surface area contributed by atoms with Crippen LogP contribution in [0, 0.1) is 25.2 Å². The van der Waals surface area contributed by atoms with Crippen LogP contribution in [0.15, 0.2) is 77.9 Å². The minimum Gasteiger partial charge on any atom is -0.273 e. The molecule has 0 aliphatic heterocycles. The molecule has 0 heterocycles. The first-order chi connectivity index (χ1) is 14.0. The molecule has 4 heteroatoms. The summed E-state index contributed by atoms with van der Waals surface area (Å²) in [7, 11) is 0. The van der Waals surface area contributed by atoms with Crippen molar-refractivity contribution >= 4 is 11.6 Å². The highest BCUT2D eigenvalue weighted by Crippen LogP contribution is 2.12. The van der Waals surface area contributed by atoms with Crippen LogP contribution < -0.4 is 5.43 Å². The lowest BCUT2D eigenvalue weighted by molar-refractivity contribution is -0.120. The molecule has 1 amide bonds. The third-order valence-electron chi connectivity index (χ3n) is 4.61. The highest BCUT2D eigenvalue weighted by Gasteiger charge is 2.08. The van der Waals surface area contributed by atoms with Crippen molar-refractivity contribution in [3.05, 3.63) is 106 Å². The zero-order valence-corrected chi connectivity index (χ0v) is 16.6. The van der Waals surface area contributed by atoms with Gasteiger partial charge in [-0.25, -0.2) is 5.43 Å². The summed E-state index contributed by atoms with van der Waals surface area (Å²) in [6.45, 7) is 4.05. The monoisotopic (exact) mass is 381 g/mol. The fourth-order valence-corrected chi connectivity index (χ4v) is 2.98. The van der Waals surface area contributed by atoms with Crippen molar-refractivity contribution in [2.45, 2.75) is 26.7 Å². The maximum absolute atomic E-state index is 12.4. The normalized spacial score (nSPS) is 11.0. The van der Waals surface area contributed by atoms with Gasteiger partial charge in [-0.05, 0) is 42.7 Å². The molecule has 144 valence electrons. The lowest BCUT2D eigenvalue weighted by Gasteiger charge is -2.09. The molecule has 4 nitrogen and oxygen atoms in total. The molecular formula is C25H23N3O. The fourth-order valence-electron chi connectivity index (χ4n) is 2.98. The average molecular weight is 381 g/mol. The maximum atomic E-state index is 12.4. The van der Waals surface area contributed by atoms with Crippen LogP contribution in [0.1, 0.15) is 33.4 Å². The minimum absolute atomic E-state index is 0.154. The zero-order valence-electron chi connectivity index (χ0n) is 16.6. The SMILES string of the molecule is Cc1ccc(CC(=O)N/N=C(/Cc2ccc(C#N)cc2)c2cccc(C)c2)cc1. The zero-order chi connectivity index (χ0) is 20.6. The number of amides is 1. The molecule has 0 aliphatic carbocycles. The van der Waals surface area contributed by atoms with Gasteiger partial charge in [-0.15, -0.1) is 0 Å². The van der Waals surface area contributed by atoms with Crippen LogP contribution in [0.4, 0.5) is 0 Å². The lowest BCUT2D eigenvalue weighted by Crippen LogP contribution is -2.22. The van der Waals surface area contributed by atoms with Crippen molar-refractivity contribution in [3.8, 4) is 6.07 Å². The van der Waals surface area contributed by atoms with E-state index in [9.17, 15) is 4.79 Å². The Morgan fingerprint density at radius 1 is 0.897 bits per heavy atom. The second-order valence-corrected chi connectivity index (χ2v) is 7.11. The first kappa shape index (κ1) is 20.0. The van der Waals surface area contributed by atoms with E-state index >= 15 is 0 Å².